The van der Waals surface area contributed by atoms with Gasteiger partial charge in [0.15, 0.2) is 0 Å². The van der Waals surface area contributed by atoms with Crippen LogP contribution in [0.15, 0.2) is 72.8 Å². The first-order valence-corrected chi connectivity index (χ1v) is 12.5. The Bertz CT molecular complexity index is 1370. The lowest BCUT2D eigenvalue weighted by atomic mass is 9.73. The fourth-order valence-electron chi connectivity index (χ4n) is 6.56. The monoisotopic (exact) mass is 500 g/mol. The highest BCUT2D eigenvalue weighted by atomic mass is 35.5. The lowest BCUT2D eigenvalue weighted by Gasteiger charge is -2.28. The molecule has 6 rings (SSSR count). The fourth-order valence-corrected chi connectivity index (χ4v) is 6.73. The summed E-state index contributed by atoms with van der Waals surface area (Å²) in [5.41, 5.74) is 2.45. The molecule has 182 valence electrons. The first kappa shape index (κ1) is 22.8. The van der Waals surface area contributed by atoms with Crippen LogP contribution in [0.3, 0.4) is 0 Å². The van der Waals surface area contributed by atoms with E-state index in [1.807, 2.05) is 18.2 Å². The molecule has 2 bridgehead atoms. The molecule has 0 radical (unpaired) electrons. The third-order valence-corrected chi connectivity index (χ3v) is 8.25. The van der Waals surface area contributed by atoms with E-state index in [0.717, 1.165) is 12.8 Å². The van der Waals surface area contributed by atoms with Crippen molar-refractivity contribution >= 4 is 40.7 Å². The summed E-state index contributed by atoms with van der Waals surface area (Å²) in [4.78, 5) is 41.5. The van der Waals surface area contributed by atoms with Crippen LogP contribution in [0, 0.1) is 23.7 Å². The number of amides is 3. The molecule has 36 heavy (non-hydrogen) atoms. The van der Waals surface area contributed by atoms with Crippen LogP contribution in [0.4, 0.5) is 11.4 Å². The third-order valence-electron chi connectivity index (χ3n) is 8.02. The van der Waals surface area contributed by atoms with Crippen molar-refractivity contribution in [2.45, 2.75) is 18.8 Å². The average Bonchev–Trinajstić information content (AvgIpc) is 3.56. The molecule has 2 saturated carbocycles. The smallest absolute Gasteiger partial charge is 0.255 e. The molecule has 1 saturated heterocycles. The number of rotatable bonds is 5. The number of methoxy groups -OCH3 is 1. The van der Waals surface area contributed by atoms with Gasteiger partial charge in [0.25, 0.3) is 5.91 Å². The maximum atomic E-state index is 13.6. The number of halogens is 1. The molecule has 0 aromatic heterocycles. The van der Waals surface area contributed by atoms with E-state index >= 15 is 0 Å². The van der Waals surface area contributed by atoms with Crippen LogP contribution in [0.2, 0.25) is 5.02 Å². The van der Waals surface area contributed by atoms with Gasteiger partial charge in [-0.15, -0.1) is 0 Å². The molecule has 3 aromatic rings. The highest BCUT2D eigenvalue weighted by molar-refractivity contribution is 6.31. The zero-order valence-corrected chi connectivity index (χ0v) is 20.4. The Labute approximate surface area is 214 Å². The maximum absolute atomic E-state index is 13.6. The topological polar surface area (TPSA) is 75.7 Å². The van der Waals surface area contributed by atoms with Crippen molar-refractivity contribution in [2.75, 3.05) is 17.3 Å². The number of fused-ring (bicyclic) bond motifs is 5. The van der Waals surface area contributed by atoms with Crippen molar-refractivity contribution in [3.05, 3.63) is 88.9 Å². The highest BCUT2D eigenvalue weighted by Gasteiger charge is 2.64. The molecule has 5 atom stereocenters. The number of carbonyl (C=O) groups excluding carboxylic acids is 3. The number of carbonyl (C=O) groups is 3. The van der Waals surface area contributed by atoms with Crippen molar-refractivity contribution in [2.24, 2.45) is 23.7 Å². The minimum Gasteiger partial charge on any atom is -0.495 e. The summed E-state index contributed by atoms with van der Waals surface area (Å²) < 4.78 is 5.31. The number of anilines is 2. The Morgan fingerprint density at radius 3 is 2.50 bits per heavy atom. The predicted molar refractivity (Wildman–Crippen MR) is 137 cm³/mol. The van der Waals surface area contributed by atoms with Crippen molar-refractivity contribution in [3.8, 4) is 5.75 Å². The zero-order chi connectivity index (χ0) is 25.0. The summed E-state index contributed by atoms with van der Waals surface area (Å²) >= 11 is 6.08. The Kier molecular flexibility index (Phi) is 5.56. The van der Waals surface area contributed by atoms with Gasteiger partial charge in [0.05, 0.1) is 30.3 Å². The minimum absolute atomic E-state index is 0.141. The van der Waals surface area contributed by atoms with Gasteiger partial charge in [-0.2, -0.15) is 0 Å². The van der Waals surface area contributed by atoms with Crippen LogP contribution in [-0.4, -0.2) is 24.8 Å². The van der Waals surface area contributed by atoms with Gasteiger partial charge in [-0.25, -0.2) is 0 Å². The number of nitrogens with zero attached hydrogens (tertiary/aromatic N) is 1. The number of nitrogens with one attached hydrogen (secondary N) is 1. The first-order valence-electron chi connectivity index (χ1n) is 12.1. The predicted octanol–water partition coefficient (Wildman–Crippen LogP) is 5.53. The van der Waals surface area contributed by atoms with Gasteiger partial charge in [-0.1, -0.05) is 48.0 Å². The largest absolute Gasteiger partial charge is 0.495 e. The molecule has 3 fully saturated rings. The van der Waals surface area contributed by atoms with E-state index < -0.39 is 0 Å². The van der Waals surface area contributed by atoms with Gasteiger partial charge in [0.1, 0.15) is 5.75 Å². The summed E-state index contributed by atoms with van der Waals surface area (Å²) in [6, 6.07) is 21.9. The van der Waals surface area contributed by atoms with Crippen LogP contribution < -0.4 is 15.0 Å². The number of hydrogen-bond donors (Lipinski definition) is 1. The Morgan fingerprint density at radius 2 is 1.72 bits per heavy atom. The number of imide groups is 1. The van der Waals surface area contributed by atoms with Crippen molar-refractivity contribution in [1.82, 2.24) is 0 Å². The lowest BCUT2D eigenvalue weighted by Crippen LogP contribution is -2.33. The molecule has 1 heterocycles. The van der Waals surface area contributed by atoms with Gasteiger partial charge in [0, 0.05) is 10.6 Å². The number of ether oxygens (including phenoxy) is 1. The van der Waals surface area contributed by atoms with Crippen LogP contribution >= 0.6 is 11.6 Å². The molecule has 1 aliphatic heterocycles. The molecular formula is C29H25ClN2O4. The van der Waals surface area contributed by atoms with E-state index in [1.54, 1.807) is 42.5 Å². The van der Waals surface area contributed by atoms with E-state index in [-0.39, 0.29) is 41.4 Å². The second kappa shape index (κ2) is 8.79. The molecule has 3 amide bonds. The normalized spacial score (nSPS) is 26.3. The van der Waals surface area contributed by atoms with Gasteiger partial charge in [-0.3, -0.25) is 19.3 Å². The van der Waals surface area contributed by atoms with Crippen LogP contribution in [0.1, 0.15) is 34.7 Å². The molecular weight excluding hydrogens is 476 g/mol. The second-order valence-corrected chi connectivity index (χ2v) is 10.3. The van der Waals surface area contributed by atoms with Gasteiger partial charge >= 0.3 is 0 Å². The highest BCUT2D eigenvalue weighted by Crippen LogP contribution is 2.61. The van der Waals surface area contributed by atoms with Crippen LogP contribution in [-0.2, 0) is 9.59 Å². The summed E-state index contributed by atoms with van der Waals surface area (Å²) in [7, 11) is 1.51. The van der Waals surface area contributed by atoms with E-state index in [9.17, 15) is 14.4 Å². The van der Waals surface area contributed by atoms with Crippen molar-refractivity contribution in [3.63, 3.8) is 0 Å². The molecule has 0 spiro atoms. The minimum atomic E-state index is -0.388. The van der Waals surface area contributed by atoms with Crippen molar-refractivity contribution in [1.29, 1.82) is 0 Å². The molecule has 3 aromatic carbocycles. The van der Waals surface area contributed by atoms with Gasteiger partial charge < -0.3 is 10.1 Å². The van der Waals surface area contributed by atoms with E-state index in [1.165, 1.54) is 17.6 Å². The average molecular weight is 501 g/mol. The molecule has 1 N–H and O–H groups in total. The van der Waals surface area contributed by atoms with Crippen molar-refractivity contribution < 1.29 is 19.1 Å². The Morgan fingerprint density at radius 1 is 0.944 bits per heavy atom. The Hall–Kier alpha value is -3.64. The maximum Gasteiger partial charge on any atom is 0.255 e. The Balaban J connectivity index is 1.26. The molecule has 3 aliphatic rings. The van der Waals surface area contributed by atoms with Crippen LogP contribution in [0.5, 0.6) is 5.75 Å². The summed E-state index contributed by atoms with van der Waals surface area (Å²) in [6.45, 7) is 0. The lowest BCUT2D eigenvalue weighted by molar-refractivity contribution is -0.123. The van der Waals surface area contributed by atoms with Gasteiger partial charge in [-0.05, 0) is 72.6 Å². The molecule has 0 unspecified atom stereocenters. The SMILES string of the molecule is COc1ccc(Cl)cc1NC(=O)c1cccc(N2C(=O)[C@@H]3[C@@H]4C[C@@H]([C@H]3C2=O)[C@H](c2ccccc2)C4)c1. The quantitative estimate of drug-likeness (QED) is 0.467. The van der Waals surface area contributed by atoms with E-state index in [2.05, 4.69) is 17.4 Å². The zero-order valence-electron chi connectivity index (χ0n) is 19.7. The number of benzene rings is 3. The standard InChI is InChI=1S/C29H25ClN2O4/c1-36-24-11-10-19(30)15-23(24)31-27(33)17-8-5-9-20(12-17)32-28(34)25-18-13-21(16-6-3-2-4-7-16)22(14-18)26(25)29(32)35/h2-12,15,18,21-22,25-26H,13-14H2,1H3,(H,31,33)/t18-,21-,22+,25+,26+/m0/s1. The van der Waals surface area contributed by atoms with E-state index in [4.69, 9.17) is 16.3 Å². The second-order valence-electron chi connectivity index (χ2n) is 9.83. The van der Waals surface area contributed by atoms with E-state index in [0.29, 0.717) is 33.6 Å². The molecule has 2 aliphatic carbocycles. The van der Waals surface area contributed by atoms with Gasteiger partial charge in [0.2, 0.25) is 11.8 Å². The molecule has 6 nitrogen and oxygen atoms in total. The summed E-state index contributed by atoms with van der Waals surface area (Å²) in [6.07, 6.45) is 1.86. The summed E-state index contributed by atoms with van der Waals surface area (Å²) in [5.74, 6) is -0.0698. The third kappa shape index (κ3) is 3.59. The fraction of sp³-hybridized carbons (Fsp3) is 0.276. The summed E-state index contributed by atoms with van der Waals surface area (Å²) in [5, 5.41) is 3.27. The molecule has 7 heteroatoms. The number of hydrogen-bond acceptors (Lipinski definition) is 4. The first-order chi connectivity index (χ1) is 17.5. The van der Waals surface area contributed by atoms with Crippen LogP contribution in [0.25, 0.3) is 0 Å².